The summed E-state index contributed by atoms with van der Waals surface area (Å²) in [7, 11) is 0. The summed E-state index contributed by atoms with van der Waals surface area (Å²) in [4.78, 5) is 11.4. The number of aliphatic hydroxyl groups excluding tert-OH is 1. The molecular formula is C15H30O3. The lowest BCUT2D eigenvalue weighted by atomic mass is 9.94. The quantitative estimate of drug-likeness (QED) is 0.575. The number of carbonyl (C=O) groups is 1. The Morgan fingerprint density at radius 1 is 1.06 bits per heavy atom. The highest BCUT2D eigenvalue weighted by Gasteiger charge is 2.19. The van der Waals surface area contributed by atoms with E-state index in [-0.39, 0.29) is 18.0 Å². The van der Waals surface area contributed by atoms with E-state index in [1.807, 2.05) is 0 Å². The van der Waals surface area contributed by atoms with E-state index in [1.165, 1.54) is 0 Å². The molecule has 0 aliphatic carbocycles. The number of carbonyl (C=O) groups excluding carboxylic acids is 1. The van der Waals surface area contributed by atoms with Gasteiger partial charge in [0.15, 0.2) is 0 Å². The maximum atomic E-state index is 11.4. The molecule has 3 nitrogen and oxygen atoms in total. The second kappa shape index (κ2) is 11.5. The van der Waals surface area contributed by atoms with Crippen molar-refractivity contribution in [2.45, 2.75) is 78.2 Å². The number of ether oxygens (including phenoxy) is 1. The van der Waals surface area contributed by atoms with Crippen molar-refractivity contribution in [1.29, 1.82) is 0 Å². The summed E-state index contributed by atoms with van der Waals surface area (Å²) in [6.45, 7) is 6.65. The monoisotopic (exact) mass is 258 g/mol. The van der Waals surface area contributed by atoms with Gasteiger partial charge in [0.25, 0.3) is 0 Å². The minimum absolute atomic E-state index is 0.104. The van der Waals surface area contributed by atoms with Crippen LogP contribution in [0.1, 0.15) is 72.1 Å². The van der Waals surface area contributed by atoms with Crippen LogP contribution in [0.25, 0.3) is 0 Å². The summed E-state index contributed by atoms with van der Waals surface area (Å²) in [5, 5.41) is 10.1. The van der Waals surface area contributed by atoms with Gasteiger partial charge >= 0.3 is 5.97 Å². The van der Waals surface area contributed by atoms with Crippen molar-refractivity contribution < 1.29 is 14.6 Å². The summed E-state index contributed by atoms with van der Waals surface area (Å²) < 4.78 is 5.26. The third-order valence-electron chi connectivity index (χ3n) is 3.25. The summed E-state index contributed by atoms with van der Waals surface area (Å²) in [6, 6.07) is 0. The van der Waals surface area contributed by atoms with Crippen LogP contribution < -0.4 is 0 Å². The van der Waals surface area contributed by atoms with Gasteiger partial charge in [-0.3, -0.25) is 4.79 Å². The van der Waals surface area contributed by atoms with Crippen molar-refractivity contribution in [2.75, 3.05) is 6.61 Å². The third-order valence-corrected chi connectivity index (χ3v) is 3.25. The maximum Gasteiger partial charge on any atom is 0.305 e. The Labute approximate surface area is 112 Å². The van der Waals surface area contributed by atoms with Gasteiger partial charge in [-0.15, -0.1) is 0 Å². The van der Waals surface area contributed by atoms with Crippen LogP contribution in [0, 0.1) is 5.92 Å². The lowest BCUT2D eigenvalue weighted by Crippen LogP contribution is -2.26. The SMILES string of the molecule is CCCCC(=O)OCC(CCC)C(O)CCCC. The topological polar surface area (TPSA) is 46.5 Å². The van der Waals surface area contributed by atoms with E-state index < -0.39 is 0 Å². The zero-order valence-electron chi connectivity index (χ0n) is 12.3. The number of rotatable bonds is 11. The van der Waals surface area contributed by atoms with Gasteiger partial charge in [0, 0.05) is 12.3 Å². The van der Waals surface area contributed by atoms with Crippen molar-refractivity contribution >= 4 is 5.97 Å². The second-order valence-electron chi connectivity index (χ2n) is 5.04. The first-order valence-electron chi connectivity index (χ1n) is 7.49. The van der Waals surface area contributed by atoms with E-state index in [9.17, 15) is 9.90 Å². The summed E-state index contributed by atoms with van der Waals surface area (Å²) in [6.07, 6.45) is 6.93. The van der Waals surface area contributed by atoms with E-state index in [2.05, 4.69) is 20.8 Å². The first kappa shape index (κ1) is 17.4. The molecule has 108 valence electrons. The fourth-order valence-electron chi connectivity index (χ4n) is 2.00. The summed E-state index contributed by atoms with van der Waals surface area (Å²) in [5.41, 5.74) is 0. The number of esters is 1. The molecule has 0 spiro atoms. The van der Waals surface area contributed by atoms with Gasteiger partial charge in [-0.25, -0.2) is 0 Å². The largest absolute Gasteiger partial charge is 0.465 e. The maximum absolute atomic E-state index is 11.4. The van der Waals surface area contributed by atoms with Gasteiger partial charge < -0.3 is 9.84 Å². The number of aliphatic hydroxyl groups is 1. The highest BCUT2D eigenvalue weighted by atomic mass is 16.5. The number of hydrogen-bond acceptors (Lipinski definition) is 3. The molecule has 18 heavy (non-hydrogen) atoms. The van der Waals surface area contributed by atoms with Crippen LogP contribution in [0.3, 0.4) is 0 Å². The molecule has 1 N–H and O–H groups in total. The van der Waals surface area contributed by atoms with Crippen LogP contribution in [-0.4, -0.2) is 23.8 Å². The van der Waals surface area contributed by atoms with Crippen LogP contribution in [0.2, 0.25) is 0 Å². The zero-order valence-corrected chi connectivity index (χ0v) is 12.3. The Bertz CT molecular complexity index is 204. The first-order chi connectivity index (χ1) is 8.65. The standard InChI is InChI=1S/C15H30O3/c1-4-7-10-14(16)13(9-6-3)12-18-15(17)11-8-5-2/h13-14,16H,4-12H2,1-3H3. The Balaban J connectivity index is 3.97. The molecule has 0 aliphatic heterocycles. The molecule has 0 saturated carbocycles. The van der Waals surface area contributed by atoms with E-state index in [1.54, 1.807) is 0 Å². The fraction of sp³-hybridized carbons (Fsp3) is 0.933. The molecule has 0 aromatic carbocycles. The molecular weight excluding hydrogens is 228 g/mol. The smallest absolute Gasteiger partial charge is 0.305 e. The molecule has 0 amide bonds. The highest BCUT2D eigenvalue weighted by Crippen LogP contribution is 2.17. The third kappa shape index (κ3) is 8.51. The summed E-state index contributed by atoms with van der Waals surface area (Å²) in [5.74, 6) is -0.0206. The Morgan fingerprint density at radius 2 is 1.72 bits per heavy atom. The molecule has 0 aliphatic rings. The number of unbranched alkanes of at least 4 members (excludes halogenated alkanes) is 2. The average molecular weight is 258 g/mol. The normalized spacial score (nSPS) is 14.2. The van der Waals surface area contributed by atoms with Crippen molar-refractivity contribution in [3.05, 3.63) is 0 Å². The van der Waals surface area contributed by atoms with Gasteiger partial charge in [-0.2, -0.15) is 0 Å². The molecule has 2 unspecified atom stereocenters. The molecule has 0 rings (SSSR count). The minimum Gasteiger partial charge on any atom is -0.465 e. The zero-order chi connectivity index (χ0) is 13.8. The molecule has 0 radical (unpaired) electrons. The van der Waals surface area contributed by atoms with E-state index in [0.29, 0.717) is 13.0 Å². The lowest BCUT2D eigenvalue weighted by Gasteiger charge is -2.22. The van der Waals surface area contributed by atoms with Crippen molar-refractivity contribution in [3.63, 3.8) is 0 Å². The van der Waals surface area contributed by atoms with Crippen LogP contribution in [0.5, 0.6) is 0 Å². The minimum atomic E-state index is -0.330. The molecule has 0 aromatic rings. The van der Waals surface area contributed by atoms with Crippen LogP contribution in [0.15, 0.2) is 0 Å². The van der Waals surface area contributed by atoms with Gasteiger partial charge in [0.2, 0.25) is 0 Å². The predicted octanol–water partition coefficient (Wildman–Crippen LogP) is 3.69. The molecule has 0 bridgehead atoms. The van der Waals surface area contributed by atoms with Gasteiger partial charge in [0.05, 0.1) is 12.7 Å². The van der Waals surface area contributed by atoms with Crippen molar-refractivity contribution in [1.82, 2.24) is 0 Å². The second-order valence-corrected chi connectivity index (χ2v) is 5.04. The molecule has 0 saturated heterocycles. The van der Waals surface area contributed by atoms with Crippen molar-refractivity contribution in [2.24, 2.45) is 5.92 Å². The van der Waals surface area contributed by atoms with Crippen LogP contribution >= 0.6 is 0 Å². The molecule has 3 heteroatoms. The molecule has 2 atom stereocenters. The Kier molecular flexibility index (Phi) is 11.2. The molecule has 0 fully saturated rings. The number of hydrogen-bond donors (Lipinski definition) is 1. The fourth-order valence-corrected chi connectivity index (χ4v) is 2.00. The first-order valence-corrected chi connectivity index (χ1v) is 7.49. The average Bonchev–Trinajstić information content (AvgIpc) is 2.38. The Morgan fingerprint density at radius 3 is 2.28 bits per heavy atom. The van der Waals surface area contributed by atoms with E-state index in [4.69, 9.17) is 4.74 Å². The van der Waals surface area contributed by atoms with Gasteiger partial charge in [0.1, 0.15) is 0 Å². The lowest BCUT2D eigenvalue weighted by molar-refractivity contribution is -0.146. The molecule has 0 aromatic heterocycles. The predicted molar refractivity (Wildman–Crippen MR) is 74.4 cm³/mol. The van der Waals surface area contributed by atoms with Crippen molar-refractivity contribution in [3.8, 4) is 0 Å². The van der Waals surface area contributed by atoms with E-state index in [0.717, 1.165) is 44.9 Å². The highest BCUT2D eigenvalue weighted by molar-refractivity contribution is 5.69. The van der Waals surface area contributed by atoms with Gasteiger partial charge in [-0.05, 0) is 19.3 Å². The molecule has 0 heterocycles. The van der Waals surface area contributed by atoms with Crippen LogP contribution in [0.4, 0.5) is 0 Å². The van der Waals surface area contributed by atoms with Gasteiger partial charge in [-0.1, -0.05) is 46.5 Å². The summed E-state index contributed by atoms with van der Waals surface area (Å²) >= 11 is 0. The Hall–Kier alpha value is -0.570. The van der Waals surface area contributed by atoms with E-state index >= 15 is 0 Å². The van der Waals surface area contributed by atoms with Crippen LogP contribution in [-0.2, 0) is 9.53 Å².